The number of anilines is 2. The van der Waals surface area contributed by atoms with Crippen LogP contribution in [-0.4, -0.2) is 28.0 Å². The average molecular weight is 351 g/mol. The number of halogens is 1. The summed E-state index contributed by atoms with van der Waals surface area (Å²) >= 11 is 3.43. The lowest BCUT2D eigenvalue weighted by Gasteiger charge is -2.16. The molecule has 110 valence electrons. The number of nitrogens with two attached hydrogens (primary N) is 1. The van der Waals surface area contributed by atoms with E-state index in [0.717, 1.165) is 30.4 Å². The van der Waals surface area contributed by atoms with Gasteiger partial charge in [-0.3, -0.25) is 5.43 Å². The molecule has 1 aliphatic heterocycles. The number of ether oxygens (including phenoxy) is 1. The monoisotopic (exact) mass is 350 g/mol. The Balaban J connectivity index is 1.90. The third-order valence-electron chi connectivity index (χ3n) is 3.16. The third kappa shape index (κ3) is 3.22. The lowest BCUT2D eigenvalue weighted by molar-refractivity contribution is 0.437. The summed E-state index contributed by atoms with van der Waals surface area (Å²) in [6.07, 6.45) is 2.27. The van der Waals surface area contributed by atoms with Crippen molar-refractivity contribution in [3.05, 3.63) is 28.7 Å². The molecule has 7 nitrogen and oxygen atoms in total. The minimum Gasteiger partial charge on any atom is -0.423 e. The highest BCUT2D eigenvalue weighted by Crippen LogP contribution is 2.28. The van der Waals surface area contributed by atoms with E-state index in [-0.39, 0.29) is 12.0 Å². The quantitative estimate of drug-likeness (QED) is 0.645. The summed E-state index contributed by atoms with van der Waals surface area (Å²) in [7, 11) is 0. The summed E-state index contributed by atoms with van der Waals surface area (Å²) in [6, 6.07) is 7.73. The van der Waals surface area contributed by atoms with Crippen molar-refractivity contribution in [2.45, 2.75) is 12.8 Å². The zero-order valence-electron chi connectivity index (χ0n) is 11.3. The van der Waals surface area contributed by atoms with Crippen LogP contribution in [0.15, 0.2) is 28.7 Å². The number of hydrogen-bond donors (Lipinski definition) is 2. The van der Waals surface area contributed by atoms with E-state index in [4.69, 9.17) is 10.6 Å². The molecule has 2 aromatic rings. The Bertz CT molecular complexity index is 632. The van der Waals surface area contributed by atoms with Gasteiger partial charge in [0.1, 0.15) is 5.75 Å². The van der Waals surface area contributed by atoms with Gasteiger partial charge in [0.25, 0.3) is 0 Å². The summed E-state index contributed by atoms with van der Waals surface area (Å²) in [5, 5.41) is 0. The maximum Gasteiger partial charge on any atom is 0.328 e. The number of rotatable bonds is 4. The van der Waals surface area contributed by atoms with Gasteiger partial charge in [0.15, 0.2) is 0 Å². The highest BCUT2D eigenvalue weighted by atomic mass is 79.9. The molecular weight excluding hydrogens is 336 g/mol. The molecule has 1 aliphatic rings. The van der Waals surface area contributed by atoms with Gasteiger partial charge in [-0.15, -0.1) is 0 Å². The second-order valence-corrected chi connectivity index (χ2v) is 5.47. The van der Waals surface area contributed by atoms with Crippen molar-refractivity contribution in [2.75, 3.05) is 23.4 Å². The molecule has 0 saturated carbocycles. The molecule has 3 rings (SSSR count). The van der Waals surface area contributed by atoms with Crippen LogP contribution < -0.4 is 20.9 Å². The molecule has 8 heteroatoms. The first kappa shape index (κ1) is 14.0. The molecule has 2 heterocycles. The Morgan fingerprint density at radius 3 is 2.62 bits per heavy atom. The van der Waals surface area contributed by atoms with Gasteiger partial charge >= 0.3 is 6.01 Å². The summed E-state index contributed by atoms with van der Waals surface area (Å²) in [6.45, 7) is 1.87. The van der Waals surface area contributed by atoms with Crippen LogP contribution in [0, 0.1) is 0 Å². The van der Waals surface area contributed by atoms with E-state index in [1.807, 2.05) is 24.3 Å². The van der Waals surface area contributed by atoms with Crippen molar-refractivity contribution < 1.29 is 4.74 Å². The maximum atomic E-state index is 5.72. The summed E-state index contributed by atoms with van der Waals surface area (Å²) in [4.78, 5) is 14.9. The normalized spacial score (nSPS) is 14.3. The molecule has 3 N–H and O–H groups in total. The van der Waals surface area contributed by atoms with Crippen LogP contribution in [0.5, 0.6) is 11.8 Å². The molecule has 0 unspecified atom stereocenters. The molecule has 0 radical (unpaired) electrons. The standard InChI is InChI=1S/C13H15BrN6O/c14-9-5-1-2-6-10(9)21-13-17-11(19-15)16-12(18-13)20-7-3-4-8-20/h1-2,5-6H,3-4,7-8,15H2,(H,16,17,18,19). The largest absolute Gasteiger partial charge is 0.423 e. The predicted octanol–water partition coefficient (Wildman–Crippen LogP) is 2.31. The van der Waals surface area contributed by atoms with Gasteiger partial charge in [0.2, 0.25) is 11.9 Å². The zero-order valence-corrected chi connectivity index (χ0v) is 12.9. The number of aromatic nitrogens is 3. The van der Waals surface area contributed by atoms with Crippen molar-refractivity contribution in [1.82, 2.24) is 15.0 Å². The van der Waals surface area contributed by atoms with Crippen LogP contribution in [0.4, 0.5) is 11.9 Å². The van der Waals surface area contributed by atoms with Gasteiger partial charge < -0.3 is 9.64 Å². The molecule has 1 aromatic heterocycles. The smallest absolute Gasteiger partial charge is 0.328 e. The van der Waals surface area contributed by atoms with Crippen molar-refractivity contribution in [3.8, 4) is 11.8 Å². The van der Waals surface area contributed by atoms with Gasteiger partial charge in [0, 0.05) is 13.1 Å². The fraction of sp³-hybridized carbons (Fsp3) is 0.308. The predicted molar refractivity (Wildman–Crippen MR) is 83.3 cm³/mol. The average Bonchev–Trinajstić information content (AvgIpc) is 3.04. The number of nitrogen functional groups attached to an aromatic ring is 1. The Morgan fingerprint density at radius 1 is 1.14 bits per heavy atom. The van der Waals surface area contributed by atoms with Gasteiger partial charge in [0.05, 0.1) is 4.47 Å². The number of benzene rings is 1. The molecule has 1 aromatic carbocycles. The molecular formula is C13H15BrN6O. The van der Waals surface area contributed by atoms with E-state index in [0.29, 0.717) is 11.7 Å². The molecule has 21 heavy (non-hydrogen) atoms. The van der Waals surface area contributed by atoms with Crippen molar-refractivity contribution in [1.29, 1.82) is 0 Å². The number of para-hydroxylation sites is 1. The van der Waals surface area contributed by atoms with Crippen molar-refractivity contribution in [3.63, 3.8) is 0 Å². The number of nitrogens with zero attached hydrogens (tertiary/aromatic N) is 4. The lowest BCUT2D eigenvalue weighted by atomic mass is 10.3. The summed E-state index contributed by atoms with van der Waals surface area (Å²) in [5.74, 6) is 6.93. The van der Waals surface area contributed by atoms with Gasteiger partial charge in [-0.25, -0.2) is 5.84 Å². The third-order valence-corrected chi connectivity index (χ3v) is 3.81. The molecule has 0 amide bonds. The fourth-order valence-electron chi connectivity index (χ4n) is 2.14. The number of hydrazine groups is 1. The highest BCUT2D eigenvalue weighted by molar-refractivity contribution is 9.10. The molecule has 1 saturated heterocycles. The van der Waals surface area contributed by atoms with Crippen LogP contribution in [0.25, 0.3) is 0 Å². The van der Waals surface area contributed by atoms with Crippen LogP contribution in [0.2, 0.25) is 0 Å². The zero-order chi connectivity index (χ0) is 14.7. The molecule has 0 atom stereocenters. The maximum absolute atomic E-state index is 5.72. The minimum absolute atomic E-state index is 0.215. The topological polar surface area (TPSA) is 89.2 Å². The van der Waals surface area contributed by atoms with Crippen LogP contribution in [0.1, 0.15) is 12.8 Å². The van der Waals surface area contributed by atoms with Gasteiger partial charge in [-0.1, -0.05) is 12.1 Å². The SMILES string of the molecule is NNc1nc(Oc2ccccc2Br)nc(N2CCCC2)n1. The summed E-state index contributed by atoms with van der Waals surface area (Å²) < 4.78 is 6.55. The molecule has 0 bridgehead atoms. The highest BCUT2D eigenvalue weighted by Gasteiger charge is 2.18. The Hall–Kier alpha value is -1.93. The van der Waals surface area contributed by atoms with E-state index in [1.54, 1.807) is 0 Å². The molecule has 0 spiro atoms. The Labute approximate surface area is 130 Å². The van der Waals surface area contributed by atoms with Crippen LogP contribution >= 0.6 is 15.9 Å². The van der Waals surface area contributed by atoms with Gasteiger partial charge in [-0.05, 0) is 40.9 Å². The van der Waals surface area contributed by atoms with E-state index in [1.165, 1.54) is 0 Å². The van der Waals surface area contributed by atoms with Crippen molar-refractivity contribution in [2.24, 2.45) is 5.84 Å². The van der Waals surface area contributed by atoms with Gasteiger partial charge in [-0.2, -0.15) is 15.0 Å². The van der Waals surface area contributed by atoms with E-state index < -0.39 is 0 Å². The first-order valence-corrected chi connectivity index (χ1v) is 7.45. The minimum atomic E-state index is 0.215. The lowest BCUT2D eigenvalue weighted by Crippen LogP contribution is -2.22. The second kappa shape index (κ2) is 6.23. The number of hydrogen-bond acceptors (Lipinski definition) is 7. The molecule has 1 fully saturated rings. The second-order valence-electron chi connectivity index (χ2n) is 4.61. The Kier molecular flexibility index (Phi) is 4.16. The first-order valence-electron chi connectivity index (χ1n) is 6.66. The van der Waals surface area contributed by atoms with Crippen LogP contribution in [0.3, 0.4) is 0 Å². The van der Waals surface area contributed by atoms with Crippen molar-refractivity contribution >= 4 is 27.8 Å². The summed E-state index contributed by atoms with van der Waals surface area (Å²) in [5.41, 5.74) is 2.45. The number of nitrogens with one attached hydrogen (secondary N) is 1. The first-order chi connectivity index (χ1) is 10.3. The van der Waals surface area contributed by atoms with E-state index in [2.05, 4.69) is 41.2 Å². The van der Waals surface area contributed by atoms with Crippen LogP contribution in [-0.2, 0) is 0 Å². The molecule has 0 aliphatic carbocycles. The van der Waals surface area contributed by atoms with E-state index >= 15 is 0 Å². The van der Waals surface area contributed by atoms with E-state index in [9.17, 15) is 0 Å². The Morgan fingerprint density at radius 2 is 1.90 bits per heavy atom. The fourth-order valence-corrected chi connectivity index (χ4v) is 2.51.